The molecule has 15 heavy (non-hydrogen) atoms. The lowest BCUT2D eigenvalue weighted by molar-refractivity contribution is 0.881. The molecule has 0 bridgehead atoms. The van der Waals surface area contributed by atoms with Gasteiger partial charge >= 0.3 is 0 Å². The van der Waals surface area contributed by atoms with E-state index in [1.807, 2.05) is 0 Å². The molecule has 1 atom stereocenters. The van der Waals surface area contributed by atoms with Gasteiger partial charge in [-0.15, -0.1) is 0 Å². The van der Waals surface area contributed by atoms with Crippen LogP contribution >= 0.6 is 0 Å². The van der Waals surface area contributed by atoms with Gasteiger partial charge in [-0.05, 0) is 30.9 Å². The Morgan fingerprint density at radius 1 is 1.20 bits per heavy atom. The monoisotopic (exact) mass is 198 g/mol. The maximum absolute atomic E-state index is 2.37. The average Bonchev–Trinajstić information content (AvgIpc) is 2.29. The summed E-state index contributed by atoms with van der Waals surface area (Å²) in [5.41, 5.74) is 4.24. The number of allylic oxidation sites excluding steroid dienone is 4. The molecule has 0 radical (unpaired) electrons. The Balaban J connectivity index is 2.24. The molecule has 0 heterocycles. The van der Waals surface area contributed by atoms with E-state index in [0.717, 1.165) is 0 Å². The molecular weight excluding hydrogens is 180 g/mol. The van der Waals surface area contributed by atoms with Crippen LogP contribution in [0.3, 0.4) is 0 Å². The second-order valence-corrected chi connectivity index (χ2v) is 4.32. The second kappa shape index (κ2) is 4.48. The van der Waals surface area contributed by atoms with Crippen LogP contribution in [0.15, 0.2) is 48.1 Å². The lowest BCUT2D eigenvalue weighted by atomic mass is 9.89. The average molecular weight is 198 g/mol. The van der Waals surface area contributed by atoms with Crippen molar-refractivity contribution < 1.29 is 0 Å². The fraction of sp³-hybridized carbons (Fsp3) is 0.333. The number of hydrogen-bond donors (Lipinski definition) is 0. The minimum atomic E-state index is 0.529. The Labute approximate surface area is 92.3 Å². The molecule has 0 N–H and O–H groups in total. The molecule has 1 aromatic carbocycles. The molecule has 0 fully saturated rings. The van der Waals surface area contributed by atoms with Crippen LogP contribution in [0.1, 0.15) is 36.8 Å². The lowest BCUT2D eigenvalue weighted by Crippen LogP contribution is -1.98. The molecule has 0 aromatic heterocycles. The highest BCUT2D eigenvalue weighted by Crippen LogP contribution is 2.27. The van der Waals surface area contributed by atoms with Gasteiger partial charge in [0.15, 0.2) is 0 Å². The van der Waals surface area contributed by atoms with E-state index in [4.69, 9.17) is 0 Å². The predicted octanol–water partition coefficient (Wildman–Crippen LogP) is 4.37. The predicted molar refractivity (Wildman–Crippen MR) is 66.1 cm³/mol. The molecule has 0 spiro atoms. The van der Waals surface area contributed by atoms with E-state index in [1.165, 1.54) is 29.5 Å². The quantitative estimate of drug-likeness (QED) is 0.661. The van der Waals surface area contributed by atoms with Crippen molar-refractivity contribution in [2.45, 2.75) is 32.6 Å². The molecule has 0 nitrogen and oxygen atoms in total. The van der Waals surface area contributed by atoms with Crippen molar-refractivity contribution in [2.24, 2.45) is 0 Å². The molecule has 78 valence electrons. The molecule has 0 saturated carbocycles. The first-order valence-electron chi connectivity index (χ1n) is 5.70. The van der Waals surface area contributed by atoms with Crippen LogP contribution in [-0.4, -0.2) is 0 Å². The zero-order valence-corrected chi connectivity index (χ0v) is 9.53. The first-order chi connectivity index (χ1) is 7.27. The molecule has 0 heteroatoms. The molecule has 2 rings (SSSR count). The second-order valence-electron chi connectivity index (χ2n) is 4.32. The fourth-order valence-electron chi connectivity index (χ4n) is 2.09. The third kappa shape index (κ3) is 2.38. The third-order valence-electron chi connectivity index (χ3n) is 3.07. The summed E-state index contributed by atoms with van der Waals surface area (Å²) < 4.78 is 0. The fourth-order valence-corrected chi connectivity index (χ4v) is 2.09. The minimum Gasteiger partial charge on any atom is -0.0839 e. The van der Waals surface area contributed by atoms with Crippen molar-refractivity contribution >= 4 is 0 Å². The zero-order valence-electron chi connectivity index (χ0n) is 9.53. The molecule has 0 aliphatic heterocycles. The first-order valence-corrected chi connectivity index (χ1v) is 5.70. The van der Waals surface area contributed by atoms with Gasteiger partial charge in [-0.3, -0.25) is 0 Å². The summed E-state index contributed by atoms with van der Waals surface area (Å²) in [5.74, 6) is 0.529. The van der Waals surface area contributed by atoms with Gasteiger partial charge in [-0.1, -0.05) is 55.0 Å². The van der Waals surface area contributed by atoms with Crippen molar-refractivity contribution in [1.29, 1.82) is 0 Å². The number of benzene rings is 1. The maximum atomic E-state index is 2.37. The van der Waals surface area contributed by atoms with Crippen LogP contribution in [0.5, 0.6) is 0 Å². The molecule has 1 aliphatic carbocycles. The van der Waals surface area contributed by atoms with E-state index in [-0.39, 0.29) is 0 Å². The summed E-state index contributed by atoms with van der Waals surface area (Å²) in [6.45, 7) is 4.44. The summed E-state index contributed by atoms with van der Waals surface area (Å²) in [6.07, 6.45) is 9.32. The SMILES string of the molecule is Cc1cccc(C(C)C2=CCCC=C2)c1. The van der Waals surface area contributed by atoms with Crippen molar-refractivity contribution in [3.63, 3.8) is 0 Å². The van der Waals surface area contributed by atoms with Crippen LogP contribution in [0, 0.1) is 6.92 Å². The Hall–Kier alpha value is -1.30. The van der Waals surface area contributed by atoms with E-state index in [1.54, 1.807) is 0 Å². The number of hydrogen-bond acceptors (Lipinski definition) is 0. The van der Waals surface area contributed by atoms with Gasteiger partial charge in [-0.25, -0.2) is 0 Å². The Morgan fingerprint density at radius 3 is 2.73 bits per heavy atom. The van der Waals surface area contributed by atoms with Gasteiger partial charge in [-0.2, -0.15) is 0 Å². The Kier molecular flexibility index (Phi) is 3.05. The largest absolute Gasteiger partial charge is 0.0839 e. The highest BCUT2D eigenvalue weighted by molar-refractivity contribution is 5.37. The van der Waals surface area contributed by atoms with Crippen LogP contribution < -0.4 is 0 Å². The van der Waals surface area contributed by atoms with Crippen LogP contribution in [0.2, 0.25) is 0 Å². The topological polar surface area (TPSA) is 0 Å². The van der Waals surface area contributed by atoms with Crippen molar-refractivity contribution in [3.8, 4) is 0 Å². The normalized spacial score (nSPS) is 17.3. The van der Waals surface area contributed by atoms with Gasteiger partial charge in [0.05, 0.1) is 0 Å². The maximum Gasteiger partial charge on any atom is 0.00578 e. The van der Waals surface area contributed by atoms with E-state index in [9.17, 15) is 0 Å². The summed E-state index contributed by atoms with van der Waals surface area (Å²) in [4.78, 5) is 0. The van der Waals surface area contributed by atoms with E-state index in [0.29, 0.717) is 5.92 Å². The molecular formula is C15H18. The first kappa shape index (κ1) is 10.2. The minimum absolute atomic E-state index is 0.529. The zero-order chi connectivity index (χ0) is 10.7. The van der Waals surface area contributed by atoms with Crippen LogP contribution in [0.25, 0.3) is 0 Å². The lowest BCUT2D eigenvalue weighted by Gasteiger charge is -2.16. The van der Waals surface area contributed by atoms with Gasteiger partial charge in [0.25, 0.3) is 0 Å². The third-order valence-corrected chi connectivity index (χ3v) is 3.07. The Bertz CT molecular complexity index is 396. The summed E-state index contributed by atoms with van der Waals surface area (Å²) in [7, 11) is 0. The summed E-state index contributed by atoms with van der Waals surface area (Å²) >= 11 is 0. The van der Waals surface area contributed by atoms with Crippen molar-refractivity contribution in [3.05, 3.63) is 59.2 Å². The highest BCUT2D eigenvalue weighted by atomic mass is 14.1. The van der Waals surface area contributed by atoms with E-state index in [2.05, 4.69) is 56.3 Å². The molecule has 1 aromatic rings. The van der Waals surface area contributed by atoms with Gasteiger partial charge in [0.2, 0.25) is 0 Å². The molecule has 0 amide bonds. The molecule has 1 aliphatic rings. The van der Waals surface area contributed by atoms with Crippen molar-refractivity contribution in [2.75, 3.05) is 0 Å². The number of rotatable bonds is 2. The van der Waals surface area contributed by atoms with Crippen molar-refractivity contribution in [1.82, 2.24) is 0 Å². The number of aryl methyl sites for hydroxylation is 1. The van der Waals surface area contributed by atoms with Gasteiger partial charge in [0, 0.05) is 5.92 Å². The standard InChI is InChI=1S/C15H18/c1-12-7-6-10-15(11-12)13(2)14-8-4-3-5-9-14/h4,6-11,13H,3,5H2,1-2H3. The molecule has 1 unspecified atom stereocenters. The summed E-state index contributed by atoms with van der Waals surface area (Å²) in [6, 6.07) is 8.81. The van der Waals surface area contributed by atoms with Crippen LogP contribution in [-0.2, 0) is 0 Å². The van der Waals surface area contributed by atoms with Gasteiger partial charge < -0.3 is 0 Å². The Morgan fingerprint density at radius 2 is 2.07 bits per heavy atom. The smallest absolute Gasteiger partial charge is 0.00578 e. The highest BCUT2D eigenvalue weighted by Gasteiger charge is 2.10. The molecule has 0 saturated heterocycles. The van der Waals surface area contributed by atoms with Crippen LogP contribution in [0.4, 0.5) is 0 Å². The van der Waals surface area contributed by atoms with E-state index < -0.39 is 0 Å². The summed E-state index contributed by atoms with van der Waals surface area (Å²) in [5, 5.41) is 0. The van der Waals surface area contributed by atoms with E-state index >= 15 is 0 Å². The van der Waals surface area contributed by atoms with Gasteiger partial charge in [0.1, 0.15) is 0 Å².